The van der Waals surface area contributed by atoms with E-state index in [1.165, 1.54) is 24.0 Å². The lowest BCUT2D eigenvalue weighted by atomic mass is 9.86. The Hall–Kier alpha value is -1.95. The van der Waals surface area contributed by atoms with E-state index >= 15 is 0 Å². The Balaban J connectivity index is 2.67. The fourth-order valence-electron chi connectivity index (χ4n) is 2.42. The van der Waals surface area contributed by atoms with Gasteiger partial charge in [0.15, 0.2) is 0 Å². The van der Waals surface area contributed by atoms with Gasteiger partial charge < -0.3 is 15.7 Å². The summed E-state index contributed by atoms with van der Waals surface area (Å²) in [7, 11) is 0. The van der Waals surface area contributed by atoms with Crippen molar-refractivity contribution in [3.05, 3.63) is 29.6 Å². The average Bonchev–Trinajstić information content (AvgIpc) is 2.48. The van der Waals surface area contributed by atoms with Crippen LogP contribution in [0.4, 0.5) is 10.1 Å². The van der Waals surface area contributed by atoms with Gasteiger partial charge in [0.1, 0.15) is 11.4 Å². The molecule has 1 aromatic rings. The molecular weight excluding hydrogens is 251 g/mol. The third kappa shape index (κ3) is 2.19. The van der Waals surface area contributed by atoms with Gasteiger partial charge in [0.2, 0.25) is 5.91 Å². The quantitative estimate of drug-likeness (QED) is 0.800. The van der Waals surface area contributed by atoms with Gasteiger partial charge in [0.05, 0.1) is 0 Å². The zero-order chi connectivity index (χ0) is 14.2. The minimum Gasteiger partial charge on any atom is -0.480 e. The molecule has 1 aliphatic heterocycles. The van der Waals surface area contributed by atoms with E-state index in [-0.39, 0.29) is 17.9 Å². The number of amides is 1. The average molecular weight is 266 g/mol. The van der Waals surface area contributed by atoms with Gasteiger partial charge >= 0.3 is 5.97 Å². The lowest BCUT2D eigenvalue weighted by Gasteiger charge is -2.26. The van der Waals surface area contributed by atoms with Gasteiger partial charge in [0.25, 0.3) is 0 Å². The highest BCUT2D eigenvalue weighted by Crippen LogP contribution is 2.36. The van der Waals surface area contributed by atoms with Gasteiger partial charge in [-0.1, -0.05) is 0 Å². The van der Waals surface area contributed by atoms with E-state index in [1.54, 1.807) is 0 Å². The first-order valence-electron chi connectivity index (χ1n) is 5.96. The maximum Gasteiger partial charge on any atom is 0.328 e. The normalized spacial score (nSPS) is 22.6. The first-order valence-corrected chi connectivity index (χ1v) is 5.96. The Kier molecular flexibility index (Phi) is 3.28. The third-order valence-electron chi connectivity index (χ3n) is 3.44. The molecule has 2 rings (SSSR count). The molecule has 1 atom stereocenters. The number of hydrogen-bond acceptors (Lipinski definition) is 3. The molecule has 1 aliphatic rings. The van der Waals surface area contributed by atoms with Crippen LogP contribution in [-0.4, -0.2) is 23.5 Å². The van der Waals surface area contributed by atoms with Crippen molar-refractivity contribution >= 4 is 17.6 Å². The zero-order valence-corrected chi connectivity index (χ0v) is 10.5. The second kappa shape index (κ2) is 4.62. The van der Waals surface area contributed by atoms with Crippen molar-refractivity contribution in [2.45, 2.75) is 25.3 Å². The Morgan fingerprint density at radius 3 is 2.74 bits per heavy atom. The fourth-order valence-corrected chi connectivity index (χ4v) is 2.42. The number of halogens is 1. The monoisotopic (exact) mass is 266 g/mol. The van der Waals surface area contributed by atoms with Crippen LogP contribution >= 0.6 is 0 Å². The Morgan fingerprint density at radius 2 is 2.16 bits per heavy atom. The van der Waals surface area contributed by atoms with Crippen LogP contribution in [0.5, 0.6) is 0 Å². The SMILES string of the molecule is CC(=O)N1CCCC(N)(C(=O)O)c2cc(F)ccc21. The topological polar surface area (TPSA) is 83.6 Å². The fraction of sp³-hybridized carbons (Fsp3) is 0.385. The minimum atomic E-state index is -1.67. The predicted molar refractivity (Wildman–Crippen MR) is 67.2 cm³/mol. The number of fused-ring (bicyclic) bond motifs is 1. The Morgan fingerprint density at radius 1 is 1.47 bits per heavy atom. The second-order valence-corrected chi connectivity index (χ2v) is 4.71. The van der Waals surface area contributed by atoms with Crippen molar-refractivity contribution in [2.75, 3.05) is 11.4 Å². The van der Waals surface area contributed by atoms with Gasteiger partial charge in [-0.15, -0.1) is 0 Å². The summed E-state index contributed by atoms with van der Waals surface area (Å²) in [6.45, 7) is 1.76. The molecule has 1 amide bonds. The molecule has 0 fully saturated rings. The van der Waals surface area contributed by atoms with Crippen molar-refractivity contribution < 1.29 is 19.1 Å². The van der Waals surface area contributed by atoms with Crippen molar-refractivity contribution in [2.24, 2.45) is 5.73 Å². The summed E-state index contributed by atoms with van der Waals surface area (Å²) >= 11 is 0. The molecule has 102 valence electrons. The number of carbonyl (C=O) groups is 2. The largest absolute Gasteiger partial charge is 0.480 e. The van der Waals surface area contributed by atoms with E-state index in [0.717, 1.165) is 6.07 Å². The summed E-state index contributed by atoms with van der Waals surface area (Å²) < 4.78 is 13.4. The summed E-state index contributed by atoms with van der Waals surface area (Å²) in [5.41, 5.74) is 4.79. The van der Waals surface area contributed by atoms with Crippen LogP contribution in [0.1, 0.15) is 25.3 Å². The molecule has 0 saturated heterocycles. The highest BCUT2D eigenvalue weighted by atomic mass is 19.1. The molecule has 0 aromatic heterocycles. The molecule has 0 aliphatic carbocycles. The van der Waals surface area contributed by atoms with Crippen molar-refractivity contribution in [3.8, 4) is 0 Å². The van der Waals surface area contributed by atoms with E-state index < -0.39 is 17.3 Å². The number of carboxylic acids is 1. The summed E-state index contributed by atoms with van der Waals surface area (Å²) in [6, 6.07) is 3.70. The summed E-state index contributed by atoms with van der Waals surface area (Å²) in [5, 5.41) is 9.33. The van der Waals surface area contributed by atoms with E-state index in [0.29, 0.717) is 18.7 Å². The first-order chi connectivity index (χ1) is 8.86. The molecule has 5 nitrogen and oxygen atoms in total. The number of carboxylic acid groups (broad SMARTS) is 1. The van der Waals surface area contributed by atoms with Crippen LogP contribution in [-0.2, 0) is 15.1 Å². The Labute approximate surface area is 109 Å². The molecule has 1 unspecified atom stereocenters. The molecule has 0 saturated carbocycles. The number of hydrogen-bond donors (Lipinski definition) is 2. The molecule has 0 bridgehead atoms. The van der Waals surface area contributed by atoms with E-state index in [1.807, 2.05) is 0 Å². The standard InChI is InChI=1S/C13H15FN2O3/c1-8(17)16-6-2-5-13(15,12(18)19)10-7-9(14)3-4-11(10)16/h3-4,7H,2,5-6,15H2,1H3,(H,18,19). The number of nitrogens with zero attached hydrogens (tertiary/aromatic N) is 1. The van der Waals surface area contributed by atoms with Gasteiger partial charge in [-0.3, -0.25) is 4.79 Å². The maximum absolute atomic E-state index is 13.4. The van der Waals surface area contributed by atoms with Gasteiger partial charge in [-0.25, -0.2) is 9.18 Å². The summed E-state index contributed by atoms with van der Waals surface area (Å²) in [5.74, 6) is -2.01. The number of aliphatic carboxylic acids is 1. The van der Waals surface area contributed by atoms with Crippen LogP contribution in [0.3, 0.4) is 0 Å². The van der Waals surface area contributed by atoms with Gasteiger partial charge in [0, 0.05) is 24.7 Å². The summed E-state index contributed by atoms with van der Waals surface area (Å²) in [6.07, 6.45) is 0.598. The predicted octanol–water partition coefficient (Wildman–Crippen LogP) is 1.21. The lowest BCUT2D eigenvalue weighted by molar-refractivity contribution is -0.144. The van der Waals surface area contributed by atoms with Crippen LogP contribution in [0, 0.1) is 5.82 Å². The van der Waals surface area contributed by atoms with Crippen molar-refractivity contribution in [3.63, 3.8) is 0 Å². The van der Waals surface area contributed by atoms with Crippen molar-refractivity contribution in [1.82, 2.24) is 0 Å². The van der Waals surface area contributed by atoms with Gasteiger partial charge in [-0.05, 0) is 31.0 Å². The molecular formula is C13H15FN2O3. The molecule has 1 heterocycles. The van der Waals surface area contributed by atoms with Crippen molar-refractivity contribution in [1.29, 1.82) is 0 Å². The molecule has 1 aromatic carbocycles. The maximum atomic E-state index is 13.4. The number of rotatable bonds is 1. The molecule has 6 heteroatoms. The molecule has 0 spiro atoms. The molecule has 19 heavy (non-hydrogen) atoms. The Bertz CT molecular complexity index is 547. The van der Waals surface area contributed by atoms with Crippen LogP contribution < -0.4 is 10.6 Å². The third-order valence-corrected chi connectivity index (χ3v) is 3.44. The summed E-state index contributed by atoms with van der Waals surface area (Å²) in [4.78, 5) is 24.5. The number of anilines is 1. The smallest absolute Gasteiger partial charge is 0.328 e. The highest BCUT2D eigenvalue weighted by molar-refractivity contribution is 5.95. The molecule has 3 N–H and O–H groups in total. The lowest BCUT2D eigenvalue weighted by Crippen LogP contribution is -2.44. The van der Waals surface area contributed by atoms with Crippen LogP contribution in [0.25, 0.3) is 0 Å². The number of benzene rings is 1. The van der Waals surface area contributed by atoms with E-state index in [4.69, 9.17) is 5.73 Å². The first kappa shape index (κ1) is 13.5. The molecule has 0 radical (unpaired) electrons. The van der Waals surface area contributed by atoms with Crippen LogP contribution in [0.15, 0.2) is 18.2 Å². The number of nitrogens with two attached hydrogens (primary N) is 1. The van der Waals surface area contributed by atoms with E-state index in [2.05, 4.69) is 0 Å². The second-order valence-electron chi connectivity index (χ2n) is 4.71. The van der Waals surface area contributed by atoms with Gasteiger partial charge in [-0.2, -0.15) is 0 Å². The minimum absolute atomic E-state index is 0.146. The number of carbonyl (C=O) groups excluding carboxylic acids is 1. The van der Waals surface area contributed by atoms with E-state index in [9.17, 15) is 19.1 Å². The highest BCUT2D eigenvalue weighted by Gasteiger charge is 2.41. The zero-order valence-electron chi connectivity index (χ0n) is 10.5. The van der Waals surface area contributed by atoms with Crippen LogP contribution in [0.2, 0.25) is 0 Å².